The predicted molar refractivity (Wildman–Crippen MR) is 80.1 cm³/mol. The van der Waals surface area contributed by atoms with Crippen LogP contribution >= 0.6 is 0 Å². The van der Waals surface area contributed by atoms with Crippen molar-refractivity contribution < 1.29 is 4.92 Å². The van der Waals surface area contributed by atoms with Crippen molar-refractivity contribution in [1.82, 2.24) is 14.7 Å². The fraction of sp³-hybridized carbons (Fsp3) is 0.769. The van der Waals surface area contributed by atoms with Gasteiger partial charge < -0.3 is 10.2 Å². The summed E-state index contributed by atoms with van der Waals surface area (Å²) in [6, 6.07) is 0. The maximum atomic E-state index is 11.2. The molecule has 0 amide bonds. The molecule has 0 aliphatic heterocycles. The SMILES string of the molecule is CCc1nn(C)c(NCCCN(CC)CC)c1[N+](=O)[O-]. The average molecular weight is 283 g/mol. The van der Waals surface area contributed by atoms with E-state index in [0.29, 0.717) is 24.5 Å². The summed E-state index contributed by atoms with van der Waals surface area (Å²) in [6.07, 6.45) is 1.51. The lowest BCUT2D eigenvalue weighted by Crippen LogP contribution is -2.25. The smallest absolute Gasteiger partial charge is 0.333 e. The van der Waals surface area contributed by atoms with Gasteiger partial charge in [-0.1, -0.05) is 20.8 Å². The van der Waals surface area contributed by atoms with Gasteiger partial charge in [-0.15, -0.1) is 0 Å². The number of nitrogens with zero attached hydrogens (tertiary/aromatic N) is 4. The Balaban J connectivity index is 2.64. The van der Waals surface area contributed by atoms with Crippen molar-refractivity contribution in [3.63, 3.8) is 0 Å². The highest BCUT2D eigenvalue weighted by molar-refractivity contribution is 5.59. The Morgan fingerprint density at radius 2 is 2.00 bits per heavy atom. The minimum atomic E-state index is -0.349. The van der Waals surface area contributed by atoms with Crippen LogP contribution in [0.3, 0.4) is 0 Å². The Labute approximate surface area is 120 Å². The highest BCUT2D eigenvalue weighted by Crippen LogP contribution is 2.28. The minimum absolute atomic E-state index is 0.109. The van der Waals surface area contributed by atoms with E-state index < -0.39 is 0 Å². The first-order valence-electron chi connectivity index (χ1n) is 7.21. The Bertz CT molecular complexity index is 440. The molecule has 0 saturated heterocycles. The Morgan fingerprint density at radius 3 is 2.50 bits per heavy atom. The zero-order valence-corrected chi connectivity index (χ0v) is 12.8. The molecule has 1 heterocycles. The molecule has 0 bridgehead atoms. The summed E-state index contributed by atoms with van der Waals surface area (Å²) < 4.78 is 1.56. The highest BCUT2D eigenvalue weighted by atomic mass is 16.6. The molecule has 0 saturated carbocycles. The first kappa shape index (κ1) is 16.4. The molecular weight excluding hydrogens is 258 g/mol. The van der Waals surface area contributed by atoms with Gasteiger partial charge in [-0.25, -0.2) is 4.68 Å². The molecule has 0 atom stereocenters. The summed E-state index contributed by atoms with van der Waals surface area (Å²) in [5.74, 6) is 0.506. The maximum absolute atomic E-state index is 11.2. The minimum Gasteiger partial charge on any atom is -0.364 e. The van der Waals surface area contributed by atoms with E-state index in [2.05, 4.69) is 29.2 Å². The first-order chi connectivity index (χ1) is 9.54. The lowest BCUT2D eigenvalue weighted by Gasteiger charge is -2.17. The van der Waals surface area contributed by atoms with Gasteiger partial charge in [0.05, 0.1) is 4.92 Å². The van der Waals surface area contributed by atoms with E-state index in [9.17, 15) is 10.1 Å². The van der Waals surface area contributed by atoms with Crippen LogP contribution in [0.5, 0.6) is 0 Å². The first-order valence-corrected chi connectivity index (χ1v) is 7.21. The Hall–Kier alpha value is -1.63. The fourth-order valence-electron chi connectivity index (χ4n) is 2.25. The summed E-state index contributed by atoms with van der Waals surface area (Å²) in [6.45, 7) is 9.91. The van der Waals surface area contributed by atoms with Crippen LogP contribution in [0.15, 0.2) is 0 Å². The molecule has 0 fully saturated rings. The van der Waals surface area contributed by atoms with Gasteiger partial charge in [0.1, 0.15) is 5.69 Å². The molecule has 0 unspecified atom stereocenters. The van der Waals surface area contributed by atoms with Crippen LogP contribution in [0.25, 0.3) is 0 Å². The number of aryl methyl sites for hydroxylation is 2. The van der Waals surface area contributed by atoms with Crippen LogP contribution in [-0.4, -0.2) is 45.8 Å². The van der Waals surface area contributed by atoms with E-state index in [1.54, 1.807) is 11.7 Å². The van der Waals surface area contributed by atoms with Crippen LogP contribution in [0.2, 0.25) is 0 Å². The molecule has 7 heteroatoms. The second kappa shape index (κ2) is 7.84. The van der Waals surface area contributed by atoms with Crippen LogP contribution in [-0.2, 0) is 13.5 Å². The quantitative estimate of drug-likeness (QED) is 0.426. The number of nitrogens with one attached hydrogen (secondary N) is 1. The summed E-state index contributed by atoms with van der Waals surface area (Å²) in [7, 11) is 1.74. The van der Waals surface area contributed by atoms with Crippen molar-refractivity contribution in [3.8, 4) is 0 Å². The highest BCUT2D eigenvalue weighted by Gasteiger charge is 2.25. The molecule has 114 valence electrons. The summed E-state index contributed by atoms with van der Waals surface area (Å²) in [5.41, 5.74) is 0.640. The number of hydrogen-bond acceptors (Lipinski definition) is 5. The molecule has 1 aromatic heterocycles. The molecule has 0 aliphatic rings. The molecule has 1 rings (SSSR count). The van der Waals surface area contributed by atoms with Crippen molar-refractivity contribution in [3.05, 3.63) is 15.8 Å². The van der Waals surface area contributed by atoms with Crippen molar-refractivity contribution in [2.45, 2.75) is 33.6 Å². The Kier molecular flexibility index (Phi) is 6.44. The molecule has 0 radical (unpaired) electrons. The standard InChI is InChI=1S/C13H25N5O2/c1-5-11-12(18(19)20)13(16(4)15-11)14-9-8-10-17(6-2)7-3/h14H,5-10H2,1-4H3. The van der Waals surface area contributed by atoms with Gasteiger partial charge in [0.25, 0.3) is 0 Å². The van der Waals surface area contributed by atoms with Crippen LogP contribution in [0.1, 0.15) is 32.9 Å². The van der Waals surface area contributed by atoms with E-state index in [0.717, 1.165) is 26.1 Å². The molecule has 7 nitrogen and oxygen atoms in total. The lowest BCUT2D eigenvalue weighted by molar-refractivity contribution is -0.384. The third kappa shape index (κ3) is 3.93. The van der Waals surface area contributed by atoms with Gasteiger partial charge in [0, 0.05) is 13.6 Å². The van der Waals surface area contributed by atoms with Crippen LogP contribution in [0, 0.1) is 10.1 Å². The number of nitro groups is 1. The second-order valence-corrected chi connectivity index (χ2v) is 4.69. The Morgan fingerprint density at radius 1 is 1.35 bits per heavy atom. The second-order valence-electron chi connectivity index (χ2n) is 4.69. The van der Waals surface area contributed by atoms with Crippen molar-refractivity contribution in [2.24, 2.45) is 7.05 Å². The largest absolute Gasteiger partial charge is 0.364 e. The van der Waals surface area contributed by atoms with Crippen molar-refractivity contribution in [1.29, 1.82) is 0 Å². The molecular formula is C13H25N5O2. The van der Waals surface area contributed by atoms with Crippen LogP contribution in [0.4, 0.5) is 11.5 Å². The van der Waals surface area contributed by atoms with E-state index in [-0.39, 0.29) is 10.6 Å². The van der Waals surface area contributed by atoms with Gasteiger partial charge in [0.15, 0.2) is 0 Å². The zero-order valence-electron chi connectivity index (χ0n) is 12.8. The van der Waals surface area contributed by atoms with Crippen LogP contribution < -0.4 is 5.32 Å². The third-order valence-corrected chi connectivity index (χ3v) is 3.45. The molecule has 1 aromatic rings. The number of hydrogen-bond donors (Lipinski definition) is 1. The monoisotopic (exact) mass is 283 g/mol. The fourth-order valence-corrected chi connectivity index (χ4v) is 2.25. The van der Waals surface area contributed by atoms with Gasteiger partial charge in [0.2, 0.25) is 5.82 Å². The molecule has 0 aliphatic carbocycles. The summed E-state index contributed by atoms with van der Waals surface area (Å²) >= 11 is 0. The number of aromatic nitrogens is 2. The maximum Gasteiger partial charge on any atom is 0.333 e. The third-order valence-electron chi connectivity index (χ3n) is 3.45. The van der Waals surface area contributed by atoms with Gasteiger partial charge in [-0.3, -0.25) is 10.1 Å². The zero-order chi connectivity index (χ0) is 15.1. The van der Waals surface area contributed by atoms with Crippen molar-refractivity contribution in [2.75, 3.05) is 31.5 Å². The van der Waals surface area contributed by atoms with E-state index >= 15 is 0 Å². The van der Waals surface area contributed by atoms with Crippen molar-refractivity contribution >= 4 is 11.5 Å². The van der Waals surface area contributed by atoms with Gasteiger partial charge in [-0.2, -0.15) is 5.10 Å². The molecule has 20 heavy (non-hydrogen) atoms. The van der Waals surface area contributed by atoms with E-state index in [1.807, 2.05) is 6.92 Å². The molecule has 1 N–H and O–H groups in total. The normalized spacial score (nSPS) is 11.1. The summed E-state index contributed by atoms with van der Waals surface area (Å²) in [5, 5.41) is 18.5. The summed E-state index contributed by atoms with van der Waals surface area (Å²) in [4.78, 5) is 13.1. The topological polar surface area (TPSA) is 76.2 Å². The molecule has 0 spiro atoms. The molecule has 0 aromatic carbocycles. The number of anilines is 1. The average Bonchev–Trinajstić information content (AvgIpc) is 2.75. The predicted octanol–water partition coefficient (Wildman–Crippen LogP) is 2.03. The number of rotatable bonds is 9. The van der Waals surface area contributed by atoms with E-state index in [1.165, 1.54) is 0 Å². The lowest BCUT2D eigenvalue weighted by atomic mass is 10.3. The van der Waals surface area contributed by atoms with Gasteiger partial charge >= 0.3 is 5.69 Å². The van der Waals surface area contributed by atoms with E-state index in [4.69, 9.17) is 0 Å². The van der Waals surface area contributed by atoms with Gasteiger partial charge in [-0.05, 0) is 32.5 Å².